The molecule has 1 amide bonds. The Morgan fingerprint density at radius 3 is 2.59 bits per heavy atom. The van der Waals surface area contributed by atoms with Crippen LogP contribution in [-0.4, -0.2) is 58.5 Å². The van der Waals surface area contributed by atoms with Crippen LogP contribution in [-0.2, 0) is 22.6 Å². The number of alkyl halides is 3. The highest BCUT2D eigenvalue weighted by Crippen LogP contribution is 2.51. The number of hydrogen-bond acceptors (Lipinski definition) is 7. The maximum Gasteiger partial charge on any atom is 0.435 e. The normalized spacial score (nSPS) is 19.3. The number of nitrogens with one attached hydrogen (secondary N) is 1. The highest BCUT2D eigenvalue weighted by atomic mass is 32.2. The second kappa shape index (κ2) is 9.82. The first kappa shape index (κ1) is 28.4. The van der Waals surface area contributed by atoms with Crippen molar-refractivity contribution in [1.29, 1.82) is 0 Å². The van der Waals surface area contributed by atoms with Gasteiger partial charge in [0.05, 0.1) is 28.8 Å². The molecule has 44 heavy (non-hydrogen) atoms. The van der Waals surface area contributed by atoms with E-state index >= 15 is 0 Å². The lowest BCUT2D eigenvalue weighted by Crippen LogP contribution is -2.42. The molecule has 1 saturated heterocycles. The van der Waals surface area contributed by atoms with Crippen LogP contribution in [0.4, 0.5) is 18.9 Å². The fourth-order valence-electron chi connectivity index (χ4n) is 6.55. The molecule has 11 nitrogen and oxygen atoms in total. The highest BCUT2D eigenvalue weighted by molar-refractivity contribution is 7.89. The van der Waals surface area contributed by atoms with Gasteiger partial charge in [0.15, 0.2) is 17.2 Å². The van der Waals surface area contributed by atoms with Gasteiger partial charge in [-0.05, 0) is 57.0 Å². The predicted molar refractivity (Wildman–Crippen MR) is 150 cm³/mol. The van der Waals surface area contributed by atoms with Gasteiger partial charge in [-0.15, -0.1) is 0 Å². The summed E-state index contributed by atoms with van der Waals surface area (Å²) >= 11 is 0. The Balaban J connectivity index is 1.28. The standard InChI is InChI=1S/C29H27F3N6O5S/c1-15-26(16(2)34-33-15)44(40,41)38-20-7-9-21(38)25-22(12-20)37(35-27(25)29(30,31)32)19-6-4-5-17(11-19)28(39)36(3)18-8-10-23-24(13-18)43-14-42-23/h4-6,8,10-11,13,20-21H,7,9,12,14H2,1-3H3,(H,33,34). The van der Waals surface area contributed by atoms with Crippen molar-refractivity contribution in [2.45, 2.75) is 56.3 Å². The molecule has 2 atom stereocenters. The SMILES string of the molecule is Cc1n[nH]c(C)c1S(=O)(=O)N1C2CCC1c1c(C(F)(F)F)nn(-c3cccc(C(=O)N(C)c4ccc5c(c4)OCO5)c3)c1C2. The van der Waals surface area contributed by atoms with Gasteiger partial charge in [-0.3, -0.25) is 9.89 Å². The van der Waals surface area contributed by atoms with E-state index < -0.39 is 39.9 Å². The molecule has 5 heterocycles. The molecule has 2 unspecified atom stereocenters. The number of aromatic nitrogens is 4. The summed E-state index contributed by atoms with van der Waals surface area (Å²) in [5.74, 6) is 0.671. The fraction of sp³-hybridized carbons (Fsp3) is 0.345. The van der Waals surface area contributed by atoms with Gasteiger partial charge >= 0.3 is 6.18 Å². The molecule has 3 aliphatic rings. The Morgan fingerprint density at radius 2 is 1.86 bits per heavy atom. The van der Waals surface area contributed by atoms with E-state index in [1.807, 2.05) is 0 Å². The molecular formula is C29H27F3N6O5S. The third-order valence-corrected chi connectivity index (χ3v) is 10.7. The number of carbonyl (C=O) groups is 1. The fourth-order valence-corrected chi connectivity index (χ4v) is 8.73. The Hall–Kier alpha value is -4.37. The Morgan fingerprint density at radius 1 is 1.09 bits per heavy atom. The maximum absolute atomic E-state index is 14.5. The van der Waals surface area contributed by atoms with Gasteiger partial charge in [0.2, 0.25) is 16.8 Å². The number of aryl methyl sites for hydroxylation is 2. The molecule has 3 aliphatic heterocycles. The summed E-state index contributed by atoms with van der Waals surface area (Å²) in [4.78, 5) is 14.9. The predicted octanol–water partition coefficient (Wildman–Crippen LogP) is 4.69. The number of rotatable bonds is 5. The summed E-state index contributed by atoms with van der Waals surface area (Å²) in [6.07, 6.45) is -4.20. The van der Waals surface area contributed by atoms with Gasteiger partial charge in [0.25, 0.3) is 5.91 Å². The molecule has 0 aliphatic carbocycles. The minimum absolute atomic E-state index is 0.0170. The van der Waals surface area contributed by atoms with Crippen molar-refractivity contribution < 1.29 is 35.9 Å². The summed E-state index contributed by atoms with van der Waals surface area (Å²) in [5.41, 5.74) is 0.620. The molecule has 1 N–H and O–H groups in total. The molecule has 4 aromatic rings. The molecule has 7 rings (SSSR count). The number of sulfonamides is 1. The number of ether oxygens (including phenoxy) is 2. The maximum atomic E-state index is 14.5. The van der Waals surface area contributed by atoms with Crippen LogP contribution in [0.2, 0.25) is 0 Å². The summed E-state index contributed by atoms with van der Waals surface area (Å²) in [6.45, 7) is 3.20. The van der Waals surface area contributed by atoms with Crippen molar-refractivity contribution in [2.75, 3.05) is 18.7 Å². The van der Waals surface area contributed by atoms with E-state index in [-0.39, 0.29) is 52.7 Å². The topological polar surface area (TPSA) is 123 Å². The van der Waals surface area contributed by atoms with Crippen LogP contribution in [0, 0.1) is 13.8 Å². The van der Waals surface area contributed by atoms with Crippen LogP contribution in [0.3, 0.4) is 0 Å². The Bertz CT molecular complexity index is 1920. The van der Waals surface area contributed by atoms with Crippen LogP contribution in [0.5, 0.6) is 11.5 Å². The van der Waals surface area contributed by atoms with Crippen LogP contribution in [0.25, 0.3) is 5.69 Å². The summed E-state index contributed by atoms with van der Waals surface area (Å²) < 4.78 is 84.4. The quantitative estimate of drug-likeness (QED) is 0.340. The number of H-pyrrole nitrogens is 1. The zero-order valence-corrected chi connectivity index (χ0v) is 24.7. The molecule has 2 aromatic heterocycles. The van der Waals surface area contributed by atoms with Gasteiger partial charge in [-0.25, -0.2) is 13.1 Å². The average molecular weight is 629 g/mol. The Labute approximate surface area is 250 Å². The lowest BCUT2D eigenvalue weighted by molar-refractivity contribution is -0.142. The summed E-state index contributed by atoms with van der Waals surface area (Å²) in [5, 5.41) is 10.7. The number of nitrogens with zero attached hydrogens (tertiary/aromatic N) is 5. The Kier molecular flexibility index (Phi) is 6.34. The third kappa shape index (κ3) is 4.28. The van der Waals surface area contributed by atoms with Gasteiger partial charge in [-0.1, -0.05) is 6.07 Å². The van der Waals surface area contributed by atoms with Crippen molar-refractivity contribution >= 4 is 21.6 Å². The molecule has 2 aromatic carbocycles. The van der Waals surface area contributed by atoms with Crippen molar-refractivity contribution in [3.63, 3.8) is 0 Å². The number of amides is 1. The molecule has 0 saturated carbocycles. The summed E-state index contributed by atoms with van der Waals surface area (Å²) in [7, 11) is -2.58. The lowest BCUT2D eigenvalue weighted by atomic mass is 9.99. The number of anilines is 1. The smallest absolute Gasteiger partial charge is 0.435 e. The third-order valence-electron chi connectivity index (χ3n) is 8.47. The lowest BCUT2D eigenvalue weighted by Gasteiger charge is -2.34. The van der Waals surface area contributed by atoms with Crippen LogP contribution in [0.15, 0.2) is 47.4 Å². The molecule has 1 fully saturated rings. The van der Waals surface area contributed by atoms with Gasteiger partial charge in [0, 0.05) is 42.4 Å². The highest BCUT2D eigenvalue weighted by Gasteiger charge is 2.53. The molecule has 0 radical (unpaired) electrons. The number of carbonyl (C=O) groups excluding carboxylic acids is 1. The zero-order chi connectivity index (χ0) is 31.1. The van der Waals surface area contributed by atoms with Gasteiger partial charge in [-0.2, -0.15) is 27.7 Å². The summed E-state index contributed by atoms with van der Waals surface area (Å²) in [6, 6.07) is 9.68. The van der Waals surface area contributed by atoms with Crippen molar-refractivity contribution in [1.82, 2.24) is 24.3 Å². The first-order valence-corrected chi connectivity index (χ1v) is 15.3. The molecule has 230 valence electrons. The van der Waals surface area contributed by atoms with E-state index in [1.54, 1.807) is 57.3 Å². The van der Waals surface area contributed by atoms with E-state index in [9.17, 15) is 26.4 Å². The van der Waals surface area contributed by atoms with Crippen molar-refractivity contribution in [2.24, 2.45) is 0 Å². The number of fused-ring (bicyclic) bond motifs is 5. The molecule has 15 heteroatoms. The van der Waals surface area contributed by atoms with Crippen molar-refractivity contribution in [3.05, 3.63) is 76.4 Å². The largest absolute Gasteiger partial charge is 0.454 e. The van der Waals surface area contributed by atoms with Crippen LogP contribution >= 0.6 is 0 Å². The van der Waals surface area contributed by atoms with E-state index in [0.717, 1.165) is 0 Å². The van der Waals surface area contributed by atoms with E-state index in [4.69, 9.17) is 9.47 Å². The minimum Gasteiger partial charge on any atom is -0.454 e. The average Bonchev–Trinajstić information content (AvgIpc) is 3.76. The monoisotopic (exact) mass is 628 g/mol. The first-order valence-electron chi connectivity index (χ1n) is 13.9. The first-order chi connectivity index (χ1) is 20.9. The van der Waals surface area contributed by atoms with Crippen molar-refractivity contribution in [3.8, 4) is 17.2 Å². The van der Waals surface area contributed by atoms with E-state index in [1.165, 1.54) is 20.0 Å². The molecular weight excluding hydrogens is 601 g/mol. The van der Waals surface area contributed by atoms with Gasteiger partial charge in [0.1, 0.15) is 4.90 Å². The minimum atomic E-state index is -4.84. The molecule has 2 bridgehead atoms. The number of halogens is 3. The zero-order valence-electron chi connectivity index (χ0n) is 23.8. The van der Waals surface area contributed by atoms with E-state index in [0.29, 0.717) is 29.3 Å². The molecule has 0 spiro atoms. The second-order valence-electron chi connectivity index (χ2n) is 11.1. The van der Waals surface area contributed by atoms with Crippen LogP contribution in [0.1, 0.15) is 57.6 Å². The van der Waals surface area contributed by atoms with E-state index in [2.05, 4.69) is 15.3 Å². The number of benzene rings is 2. The van der Waals surface area contributed by atoms with Gasteiger partial charge < -0.3 is 14.4 Å². The number of aromatic amines is 1. The second-order valence-corrected chi connectivity index (χ2v) is 12.9. The van der Waals surface area contributed by atoms with Crippen LogP contribution < -0.4 is 14.4 Å². The number of hydrogen-bond donors (Lipinski definition) is 1.